The molecule has 0 aliphatic rings. The summed E-state index contributed by atoms with van der Waals surface area (Å²) in [6, 6.07) is 0. The summed E-state index contributed by atoms with van der Waals surface area (Å²) in [5.74, 6) is 1.07. The topological polar surface area (TPSA) is 88.1 Å². The van der Waals surface area contributed by atoms with Crippen LogP contribution in [0.4, 0.5) is 0 Å². The lowest BCUT2D eigenvalue weighted by atomic mass is 10.1. The highest BCUT2D eigenvalue weighted by Gasteiger charge is 2.28. The minimum Gasteiger partial charge on any atom is -0.317 e. The summed E-state index contributed by atoms with van der Waals surface area (Å²) >= 11 is 8.48. The van der Waals surface area contributed by atoms with Crippen LogP contribution >= 0.6 is 25.3 Å². The lowest BCUT2D eigenvalue weighted by Gasteiger charge is -2.35. The van der Waals surface area contributed by atoms with Crippen LogP contribution in [-0.2, 0) is 0 Å². The Balaban J connectivity index is 4.26. The fraction of sp³-hybridized carbons (Fsp3) is 1.00. The Kier molecular flexibility index (Phi) is 8.00. The first-order chi connectivity index (χ1) is 7.45. The molecule has 98 valence electrons. The maximum atomic E-state index is 6.11. The van der Waals surface area contributed by atoms with Crippen LogP contribution in [0.5, 0.6) is 0 Å². The molecule has 0 spiro atoms. The van der Waals surface area contributed by atoms with Crippen molar-refractivity contribution in [1.29, 1.82) is 0 Å². The third-order valence-electron chi connectivity index (χ3n) is 2.34. The summed E-state index contributed by atoms with van der Waals surface area (Å²) in [5.41, 5.74) is 11.1. The smallest absolute Gasteiger partial charge is 0.0881 e. The third kappa shape index (κ3) is 5.72. The van der Waals surface area contributed by atoms with E-state index in [1.54, 1.807) is 0 Å². The number of thiol groups is 2. The van der Waals surface area contributed by atoms with E-state index in [0.29, 0.717) is 24.6 Å². The molecule has 7 N–H and O–H groups in total. The van der Waals surface area contributed by atoms with Crippen molar-refractivity contribution >= 4 is 25.3 Å². The normalized spacial score (nSPS) is 19.1. The molecule has 0 unspecified atom stereocenters. The van der Waals surface area contributed by atoms with Gasteiger partial charge in [-0.3, -0.25) is 10.6 Å². The Labute approximate surface area is 109 Å². The molecule has 0 aromatic carbocycles. The standard InChI is InChI=1S/C9H25N5S2/c1-3-13-9(11,7-16)5-14-8(10,6-15)4-12-2/h12-16H,3-7,10-11H2,1-2H3/t8-,9+/m0/s1. The number of hydrogen-bond donors (Lipinski definition) is 7. The van der Waals surface area contributed by atoms with Crippen molar-refractivity contribution in [3.63, 3.8) is 0 Å². The lowest BCUT2D eigenvalue weighted by molar-refractivity contribution is 0.288. The molecule has 0 saturated carbocycles. The van der Waals surface area contributed by atoms with Crippen molar-refractivity contribution in [2.75, 3.05) is 38.2 Å². The predicted molar refractivity (Wildman–Crippen MR) is 77.1 cm³/mol. The second-order valence-corrected chi connectivity index (χ2v) is 4.68. The van der Waals surface area contributed by atoms with E-state index in [1.807, 2.05) is 14.0 Å². The maximum Gasteiger partial charge on any atom is 0.0881 e. The lowest BCUT2D eigenvalue weighted by Crippen LogP contribution is -2.69. The third-order valence-corrected chi connectivity index (χ3v) is 3.47. The van der Waals surface area contributed by atoms with Gasteiger partial charge < -0.3 is 16.8 Å². The number of nitrogens with one attached hydrogen (secondary N) is 3. The van der Waals surface area contributed by atoms with E-state index in [1.165, 1.54) is 0 Å². The second kappa shape index (κ2) is 7.75. The summed E-state index contributed by atoms with van der Waals surface area (Å²) in [6.07, 6.45) is 0. The summed E-state index contributed by atoms with van der Waals surface area (Å²) in [7, 11) is 1.85. The number of hydrogen-bond acceptors (Lipinski definition) is 7. The Morgan fingerprint density at radius 1 is 1.00 bits per heavy atom. The van der Waals surface area contributed by atoms with Crippen LogP contribution in [0.2, 0.25) is 0 Å². The number of rotatable bonds is 9. The van der Waals surface area contributed by atoms with E-state index >= 15 is 0 Å². The molecule has 0 radical (unpaired) electrons. The van der Waals surface area contributed by atoms with Gasteiger partial charge in [0.05, 0.1) is 11.3 Å². The maximum absolute atomic E-state index is 6.11. The highest BCUT2D eigenvalue weighted by molar-refractivity contribution is 7.80. The van der Waals surface area contributed by atoms with E-state index < -0.39 is 11.3 Å². The van der Waals surface area contributed by atoms with Crippen molar-refractivity contribution in [3.05, 3.63) is 0 Å². The van der Waals surface area contributed by atoms with Crippen molar-refractivity contribution in [2.45, 2.75) is 18.2 Å². The molecule has 0 aromatic rings. The zero-order valence-electron chi connectivity index (χ0n) is 10.1. The van der Waals surface area contributed by atoms with Gasteiger partial charge in [-0.15, -0.1) is 0 Å². The Morgan fingerprint density at radius 3 is 1.88 bits per heavy atom. The van der Waals surface area contributed by atoms with Crippen molar-refractivity contribution < 1.29 is 0 Å². The molecule has 0 amide bonds. The summed E-state index contributed by atoms with van der Waals surface area (Å²) in [6.45, 7) is 3.98. The molecule has 5 nitrogen and oxygen atoms in total. The van der Waals surface area contributed by atoms with Crippen LogP contribution in [0.25, 0.3) is 0 Å². The van der Waals surface area contributed by atoms with Gasteiger partial charge in [0.1, 0.15) is 0 Å². The van der Waals surface area contributed by atoms with Gasteiger partial charge in [-0.25, -0.2) is 0 Å². The van der Waals surface area contributed by atoms with Crippen LogP contribution in [-0.4, -0.2) is 49.5 Å². The van der Waals surface area contributed by atoms with Gasteiger partial charge >= 0.3 is 0 Å². The molecule has 7 heteroatoms. The first kappa shape index (κ1) is 16.5. The van der Waals surface area contributed by atoms with Crippen LogP contribution in [0.3, 0.4) is 0 Å². The van der Waals surface area contributed by atoms with Crippen LogP contribution in [0, 0.1) is 0 Å². The zero-order valence-corrected chi connectivity index (χ0v) is 11.9. The second-order valence-electron chi connectivity index (χ2n) is 4.04. The highest BCUT2D eigenvalue weighted by atomic mass is 32.1. The van der Waals surface area contributed by atoms with Gasteiger partial charge in [-0.1, -0.05) is 6.92 Å². The van der Waals surface area contributed by atoms with Gasteiger partial charge in [0.15, 0.2) is 0 Å². The highest BCUT2D eigenvalue weighted by Crippen LogP contribution is 2.02. The molecule has 0 saturated heterocycles. The van der Waals surface area contributed by atoms with Crippen molar-refractivity contribution in [2.24, 2.45) is 11.5 Å². The molecule has 2 atom stereocenters. The van der Waals surface area contributed by atoms with Crippen molar-refractivity contribution in [1.82, 2.24) is 16.0 Å². The molecular formula is C9H25N5S2. The minimum absolute atomic E-state index is 0.530. The SMILES string of the molecule is CCN[C@@](N)(CS)CN[C@](N)(CS)CNC. The molecule has 0 aliphatic heterocycles. The zero-order chi connectivity index (χ0) is 12.7. The summed E-state index contributed by atoms with van der Waals surface area (Å²) in [5, 5.41) is 9.44. The van der Waals surface area contributed by atoms with Gasteiger partial charge in [0, 0.05) is 24.6 Å². The van der Waals surface area contributed by atoms with E-state index in [2.05, 4.69) is 41.2 Å². The van der Waals surface area contributed by atoms with E-state index in [9.17, 15) is 0 Å². The summed E-state index contributed by atoms with van der Waals surface area (Å²) < 4.78 is 0. The van der Waals surface area contributed by atoms with Crippen LogP contribution in [0.15, 0.2) is 0 Å². The van der Waals surface area contributed by atoms with E-state index in [4.69, 9.17) is 11.5 Å². The van der Waals surface area contributed by atoms with Gasteiger partial charge in [0.2, 0.25) is 0 Å². The molecule has 0 aromatic heterocycles. The Hall–Kier alpha value is 0.500. The molecule has 16 heavy (non-hydrogen) atoms. The summed E-state index contributed by atoms with van der Waals surface area (Å²) in [4.78, 5) is 0. The quantitative estimate of drug-likeness (QED) is 0.206. The van der Waals surface area contributed by atoms with Gasteiger partial charge in [-0.05, 0) is 13.6 Å². The largest absolute Gasteiger partial charge is 0.317 e. The van der Waals surface area contributed by atoms with Crippen LogP contribution < -0.4 is 27.4 Å². The Bertz CT molecular complexity index is 175. The number of likely N-dealkylation sites (N-methyl/N-ethyl adjacent to an activating group) is 2. The van der Waals surface area contributed by atoms with E-state index in [0.717, 1.165) is 6.54 Å². The Morgan fingerprint density at radius 2 is 1.50 bits per heavy atom. The van der Waals surface area contributed by atoms with Crippen molar-refractivity contribution in [3.8, 4) is 0 Å². The predicted octanol–water partition coefficient (Wildman–Crippen LogP) is -1.43. The molecule has 0 heterocycles. The molecule has 0 fully saturated rings. The fourth-order valence-corrected chi connectivity index (χ4v) is 1.80. The van der Waals surface area contributed by atoms with E-state index in [-0.39, 0.29) is 0 Å². The fourth-order valence-electron chi connectivity index (χ4n) is 1.35. The van der Waals surface area contributed by atoms with Crippen LogP contribution in [0.1, 0.15) is 6.92 Å². The first-order valence-electron chi connectivity index (χ1n) is 5.39. The monoisotopic (exact) mass is 267 g/mol. The molecule has 0 bridgehead atoms. The molecular weight excluding hydrogens is 242 g/mol. The minimum atomic E-state index is -0.555. The average molecular weight is 267 g/mol. The van der Waals surface area contributed by atoms with Gasteiger partial charge in [-0.2, -0.15) is 25.3 Å². The average Bonchev–Trinajstić information content (AvgIpc) is 2.27. The first-order valence-corrected chi connectivity index (χ1v) is 6.66. The molecule has 0 aliphatic carbocycles. The van der Waals surface area contributed by atoms with Gasteiger partial charge in [0.25, 0.3) is 0 Å². The number of nitrogens with two attached hydrogens (primary N) is 2. The molecule has 0 rings (SSSR count).